The maximum atomic E-state index is 12.5. The molecule has 0 aromatic heterocycles. The fraction of sp³-hybridized carbons (Fsp3) is 0.333. The van der Waals surface area contributed by atoms with E-state index in [1.165, 1.54) is 0 Å². The zero-order valence-electron chi connectivity index (χ0n) is 15.7. The Morgan fingerprint density at radius 3 is 2.46 bits per heavy atom. The Bertz CT molecular complexity index is 882. The van der Waals surface area contributed by atoms with Gasteiger partial charge in [0.25, 0.3) is 0 Å². The van der Waals surface area contributed by atoms with Crippen molar-refractivity contribution < 1.29 is 19.1 Å². The van der Waals surface area contributed by atoms with Crippen molar-refractivity contribution in [2.24, 2.45) is 0 Å². The molecule has 28 heavy (non-hydrogen) atoms. The zero-order valence-corrected chi connectivity index (χ0v) is 15.7. The molecule has 7 heteroatoms. The molecule has 1 atom stereocenters. The summed E-state index contributed by atoms with van der Waals surface area (Å²) in [7, 11) is 0. The molecule has 1 saturated heterocycles. The molecule has 2 amide bonds. The summed E-state index contributed by atoms with van der Waals surface area (Å²) in [6.07, 6.45) is 1.51. The van der Waals surface area contributed by atoms with Crippen molar-refractivity contribution in [3.05, 3.63) is 42.5 Å². The summed E-state index contributed by atoms with van der Waals surface area (Å²) >= 11 is 0. The summed E-state index contributed by atoms with van der Waals surface area (Å²) in [5.74, 6) is 1.33. The van der Waals surface area contributed by atoms with Crippen LogP contribution in [0.3, 0.4) is 0 Å². The Labute approximate surface area is 163 Å². The largest absolute Gasteiger partial charge is 0.486 e. The first-order valence-corrected chi connectivity index (χ1v) is 9.47. The molecule has 0 unspecified atom stereocenters. The monoisotopic (exact) mass is 381 g/mol. The van der Waals surface area contributed by atoms with Crippen molar-refractivity contribution in [1.82, 2.24) is 0 Å². The first-order valence-electron chi connectivity index (χ1n) is 9.47. The third-order valence-electron chi connectivity index (χ3n) is 4.84. The summed E-state index contributed by atoms with van der Waals surface area (Å²) in [5.41, 5.74) is 2.37. The number of carbonyl (C=O) groups excluding carboxylic acids is 2. The van der Waals surface area contributed by atoms with E-state index in [2.05, 4.69) is 10.6 Å². The number of nitrogens with one attached hydrogen (secondary N) is 2. The Kier molecular flexibility index (Phi) is 5.06. The molecule has 0 aliphatic carbocycles. The van der Waals surface area contributed by atoms with Crippen LogP contribution in [0.1, 0.15) is 19.8 Å². The first kappa shape index (κ1) is 18.2. The van der Waals surface area contributed by atoms with E-state index in [1.807, 2.05) is 24.3 Å². The van der Waals surface area contributed by atoms with Gasteiger partial charge in [-0.05, 0) is 49.7 Å². The highest BCUT2D eigenvalue weighted by atomic mass is 16.6. The fourth-order valence-electron chi connectivity index (χ4n) is 3.35. The molecule has 2 aromatic rings. The number of anilines is 3. The van der Waals surface area contributed by atoms with Gasteiger partial charge in [-0.3, -0.25) is 9.59 Å². The van der Waals surface area contributed by atoms with Gasteiger partial charge in [-0.1, -0.05) is 0 Å². The molecule has 2 N–H and O–H groups in total. The molecular formula is C21H23N3O4. The molecule has 0 spiro atoms. The summed E-state index contributed by atoms with van der Waals surface area (Å²) in [5, 5.41) is 6.07. The smallest absolute Gasteiger partial charge is 0.246 e. The topological polar surface area (TPSA) is 79.9 Å². The summed E-state index contributed by atoms with van der Waals surface area (Å²) in [6.45, 7) is 3.59. The second-order valence-electron chi connectivity index (χ2n) is 6.91. The van der Waals surface area contributed by atoms with Gasteiger partial charge in [0.2, 0.25) is 11.8 Å². The number of fused-ring (bicyclic) bond motifs is 1. The quantitative estimate of drug-likeness (QED) is 0.832. The van der Waals surface area contributed by atoms with Crippen LogP contribution >= 0.6 is 0 Å². The number of hydrogen-bond donors (Lipinski definition) is 2. The van der Waals surface area contributed by atoms with Crippen molar-refractivity contribution >= 4 is 28.9 Å². The maximum Gasteiger partial charge on any atom is 0.246 e. The zero-order chi connectivity index (χ0) is 19.5. The maximum absolute atomic E-state index is 12.5. The van der Waals surface area contributed by atoms with Crippen LogP contribution in [0.5, 0.6) is 11.5 Å². The van der Waals surface area contributed by atoms with Gasteiger partial charge in [-0.2, -0.15) is 0 Å². The van der Waals surface area contributed by atoms with Gasteiger partial charge in [0.05, 0.1) is 0 Å². The number of amides is 2. The van der Waals surface area contributed by atoms with E-state index in [0.717, 1.165) is 24.3 Å². The van der Waals surface area contributed by atoms with E-state index in [-0.39, 0.29) is 11.8 Å². The van der Waals surface area contributed by atoms with Gasteiger partial charge in [0.1, 0.15) is 19.3 Å². The standard InChI is InChI=1S/C21H23N3O4/c1-14(21(26)23-16-6-9-18-19(13-16)28-12-11-27-18)22-15-4-7-17(8-5-15)24-10-2-3-20(24)25/h4-9,13-14,22H,2-3,10-12H2,1H3,(H,23,26)/t14-/m0/s1. The van der Waals surface area contributed by atoms with E-state index >= 15 is 0 Å². The normalized spacial score (nSPS) is 16.6. The van der Waals surface area contributed by atoms with Crippen LogP contribution in [-0.4, -0.2) is 37.6 Å². The second kappa shape index (κ2) is 7.80. The van der Waals surface area contributed by atoms with Crippen LogP contribution < -0.4 is 25.0 Å². The van der Waals surface area contributed by atoms with Crippen molar-refractivity contribution in [3.63, 3.8) is 0 Å². The third-order valence-corrected chi connectivity index (χ3v) is 4.84. The minimum absolute atomic E-state index is 0.157. The Balaban J connectivity index is 1.36. The Morgan fingerprint density at radius 1 is 1.04 bits per heavy atom. The number of hydrogen-bond acceptors (Lipinski definition) is 5. The molecule has 0 bridgehead atoms. The van der Waals surface area contributed by atoms with E-state index in [4.69, 9.17) is 9.47 Å². The van der Waals surface area contributed by atoms with Crippen LogP contribution in [0.25, 0.3) is 0 Å². The van der Waals surface area contributed by atoms with Crippen molar-refractivity contribution in [3.8, 4) is 11.5 Å². The van der Waals surface area contributed by atoms with Crippen LogP contribution in [0, 0.1) is 0 Å². The Hall–Kier alpha value is -3.22. The Morgan fingerprint density at radius 2 is 1.75 bits per heavy atom. The van der Waals surface area contributed by atoms with Crippen LogP contribution in [-0.2, 0) is 9.59 Å². The fourth-order valence-corrected chi connectivity index (χ4v) is 3.35. The lowest BCUT2D eigenvalue weighted by Crippen LogP contribution is -2.32. The molecule has 1 fully saturated rings. The number of nitrogens with zero attached hydrogens (tertiary/aromatic N) is 1. The van der Waals surface area contributed by atoms with Crippen LogP contribution in [0.15, 0.2) is 42.5 Å². The van der Waals surface area contributed by atoms with Crippen molar-refractivity contribution in [1.29, 1.82) is 0 Å². The second-order valence-corrected chi connectivity index (χ2v) is 6.91. The van der Waals surface area contributed by atoms with Gasteiger partial charge in [0, 0.05) is 36.1 Å². The number of rotatable bonds is 5. The average Bonchev–Trinajstić information content (AvgIpc) is 3.14. The predicted octanol–water partition coefficient (Wildman–Crippen LogP) is 3.02. The van der Waals surface area contributed by atoms with Crippen LogP contribution in [0.4, 0.5) is 17.1 Å². The molecule has 2 aliphatic heterocycles. The summed E-state index contributed by atoms with van der Waals surface area (Å²) in [4.78, 5) is 26.1. The van der Waals surface area contributed by atoms with Gasteiger partial charge in [-0.15, -0.1) is 0 Å². The van der Waals surface area contributed by atoms with Gasteiger partial charge < -0.3 is 25.0 Å². The highest BCUT2D eigenvalue weighted by molar-refractivity contribution is 5.97. The first-order chi connectivity index (χ1) is 13.6. The minimum Gasteiger partial charge on any atom is -0.486 e. The number of carbonyl (C=O) groups is 2. The molecule has 7 nitrogen and oxygen atoms in total. The lowest BCUT2D eigenvalue weighted by atomic mass is 10.2. The summed E-state index contributed by atoms with van der Waals surface area (Å²) in [6, 6.07) is 12.5. The van der Waals surface area contributed by atoms with Crippen LogP contribution in [0.2, 0.25) is 0 Å². The van der Waals surface area contributed by atoms with E-state index < -0.39 is 6.04 Å². The molecule has 4 rings (SSSR count). The lowest BCUT2D eigenvalue weighted by molar-refractivity contribution is -0.117. The highest BCUT2D eigenvalue weighted by Crippen LogP contribution is 2.32. The van der Waals surface area contributed by atoms with Crippen molar-refractivity contribution in [2.75, 3.05) is 35.3 Å². The molecule has 0 radical (unpaired) electrons. The predicted molar refractivity (Wildman–Crippen MR) is 107 cm³/mol. The third kappa shape index (κ3) is 3.88. The molecule has 0 saturated carbocycles. The highest BCUT2D eigenvalue weighted by Gasteiger charge is 2.21. The van der Waals surface area contributed by atoms with E-state index in [0.29, 0.717) is 36.8 Å². The molecule has 146 valence electrons. The van der Waals surface area contributed by atoms with E-state index in [9.17, 15) is 9.59 Å². The van der Waals surface area contributed by atoms with Gasteiger partial charge in [0.15, 0.2) is 11.5 Å². The van der Waals surface area contributed by atoms with Crippen molar-refractivity contribution in [2.45, 2.75) is 25.8 Å². The van der Waals surface area contributed by atoms with Gasteiger partial charge >= 0.3 is 0 Å². The SMILES string of the molecule is C[C@H](Nc1ccc(N2CCCC2=O)cc1)C(=O)Nc1ccc2c(c1)OCCO2. The van der Waals surface area contributed by atoms with E-state index in [1.54, 1.807) is 30.0 Å². The molecule has 2 aromatic carbocycles. The number of benzene rings is 2. The molecular weight excluding hydrogens is 358 g/mol. The lowest BCUT2D eigenvalue weighted by Gasteiger charge is -2.20. The van der Waals surface area contributed by atoms with Gasteiger partial charge in [-0.25, -0.2) is 0 Å². The average molecular weight is 381 g/mol. The minimum atomic E-state index is -0.438. The molecule has 2 heterocycles. The molecule has 2 aliphatic rings. The number of ether oxygens (including phenoxy) is 2. The summed E-state index contributed by atoms with van der Waals surface area (Å²) < 4.78 is 11.0.